The van der Waals surface area contributed by atoms with Gasteiger partial charge >= 0.3 is 0 Å². The number of hydrogen-bond donors (Lipinski definition) is 0. The molecule has 15 heteroatoms. The lowest BCUT2D eigenvalue weighted by Gasteiger charge is -2.66. The van der Waals surface area contributed by atoms with Crippen molar-refractivity contribution in [3.63, 3.8) is 0 Å². The molecule has 62 heavy (non-hydrogen) atoms. The molecule has 2 aromatic heterocycles. The second-order valence-corrected chi connectivity index (χ2v) is 19.7. The first-order valence-corrected chi connectivity index (χ1v) is 23.7. The van der Waals surface area contributed by atoms with E-state index in [1.807, 2.05) is 53.6 Å². The first-order chi connectivity index (χ1) is 30.1. The number of likely N-dealkylation sites (tertiary alicyclic amines) is 2. The van der Waals surface area contributed by atoms with Gasteiger partial charge in [0.25, 0.3) is 11.8 Å². The Balaban J connectivity index is 0.737. The van der Waals surface area contributed by atoms with E-state index in [1.165, 1.54) is 38.5 Å². The summed E-state index contributed by atoms with van der Waals surface area (Å²) >= 11 is 1.62. The molecular formula is C47H58N9O5S+. The van der Waals surface area contributed by atoms with Crippen molar-refractivity contribution in [3.05, 3.63) is 75.9 Å². The van der Waals surface area contributed by atoms with Gasteiger partial charge in [-0.25, -0.2) is 9.88 Å². The highest BCUT2D eigenvalue weighted by Crippen LogP contribution is 2.51. The molecule has 4 amide bonds. The first kappa shape index (κ1) is 41.0. The lowest BCUT2D eigenvalue weighted by molar-refractivity contribution is -1.02. The number of aryl methyl sites for hydroxylation is 2. The van der Waals surface area contributed by atoms with E-state index >= 15 is 0 Å². The van der Waals surface area contributed by atoms with Crippen LogP contribution >= 0.6 is 11.3 Å². The number of aromatic nitrogens is 3. The van der Waals surface area contributed by atoms with Crippen molar-refractivity contribution < 1.29 is 28.2 Å². The summed E-state index contributed by atoms with van der Waals surface area (Å²) in [4.78, 5) is 74.1. The van der Waals surface area contributed by atoms with Gasteiger partial charge in [-0.15, -0.1) is 11.3 Å². The number of hydrogen-bond acceptors (Lipinski definition) is 10. The molecule has 2 aromatic carbocycles. The zero-order chi connectivity index (χ0) is 42.6. The Kier molecular flexibility index (Phi) is 11.0. The molecule has 14 nitrogen and oxygen atoms in total. The molecule has 1 unspecified atom stereocenters. The van der Waals surface area contributed by atoms with E-state index in [2.05, 4.69) is 29.8 Å². The minimum atomic E-state index is -0.168. The molecule has 0 N–H and O–H groups in total. The maximum Gasteiger partial charge on any atom is 0.253 e. The predicted octanol–water partition coefficient (Wildman–Crippen LogP) is 5.34. The van der Waals surface area contributed by atoms with E-state index in [1.54, 1.807) is 35.3 Å². The second-order valence-electron chi connectivity index (χ2n) is 18.6. The van der Waals surface area contributed by atoms with Crippen molar-refractivity contribution >= 4 is 35.0 Å². The third kappa shape index (κ3) is 7.33. The summed E-state index contributed by atoms with van der Waals surface area (Å²) in [6.45, 7) is 12.5. The number of amides is 4. The fourth-order valence-corrected chi connectivity index (χ4v) is 11.9. The van der Waals surface area contributed by atoms with Crippen LogP contribution in [0.4, 0.5) is 0 Å². The lowest BCUT2D eigenvalue weighted by atomic mass is 9.74. The molecule has 2 aliphatic carbocycles. The number of thiazole rings is 1. The summed E-state index contributed by atoms with van der Waals surface area (Å²) in [7, 11) is 0. The highest BCUT2D eigenvalue weighted by atomic mass is 32.1. The Morgan fingerprint density at radius 3 is 1.81 bits per heavy atom. The largest absolute Gasteiger partial charge is 0.341 e. The summed E-state index contributed by atoms with van der Waals surface area (Å²) in [5.74, 6) is 0.962. The minimum Gasteiger partial charge on any atom is -0.341 e. The first-order valence-electron chi connectivity index (χ1n) is 22.8. The number of carbonyl (C=O) groups excluding carboxylic acids is 4. The smallest absolute Gasteiger partial charge is 0.253 e. The zero-order valence-electron chi connectivity index (χ0n) is 36.0. The maximum atomic E-state index is 14.1. The second kappa shape index (κ2) is 16.6. The Labute approximate surface area is 367 Å². The third-order valence-electron chi connectivity index (χ3n) is 15.2. The van der Waals surface area contributed by atoms with Crippen LogP contribution in [0.2, 0.25) is 0 Å². The number of carbonyl (C=O) groups is 4. The third-order valence-corrected chi connectivity index (χ3v) is 16.0. The van der Waals surface area contributed by atoms with Crippen molar-refractivity contribution in [1.29, 1.82) is 0 Å². The van der Waals surface area contributed by atoms with Gasteiger partial charge in [-0.2, -0.15) is 4.98 Å². The Morgan fingerprint density at radius 1 is 0.661 bits per heavy atom. The number of rotatable bonds is 9. The maximum absolute atomic E-state index is 14.1. The van der Waals surface area contributed by atoms with E-state index in [0.29, 0.717) is 61.6 Å². The van der Waals surface area contributed by atoms with Gasteiger partial charge < -0.3 is 28.6 Å². The molecule has 0 spiro atoms. The molecule has 6 fully saturated rings. The van der Waals surface area contributed by atoms with Gasteiger partial charge in [0.1, 0.15) is 0 Å². The highest BCUT2D eigenvalue weighted by molar-refractivity contribution is 7.09. The molecule has 4 aromatic rings. The SMILES string of the molecule is Cc1nc(-c2ccc(C(=O)N3CC(C(=O)N4CCCN(C5([N+]6(C7CCC7)CCCN(C(=O)C7CN(C(=O)c8ccc(-c9csc(C)n9)cc8)C7)CC6)CCC5)CC4)C3)cc2)no1. The Hall–Kier alpha value is -4.99. The number of benzene rings is 2. The minimum absolute atomic E-state index is 0.0169. The van der Waals surface area contributed by atoms with E-state index in [9.17, 15) is 19.2 Å². The summed E-state index contributed by atoms with van der Waals surface area (Å²) in [6, 6.07) is 15.5. The molecule has 4 saturated heterocycles. The molecule has 0 radical (unpaired) electrons. The average Bonchev–Trinajstić information content (AvgIpc) is 3.68. The van der Waals surface area contributed by atoms with Crippen molar-refractivity contribution in [2.45, 2.75) is 76.9 Å². The fourth-order valence-electron chi connectivity index (χ4n) is 11.3. The molecule has 0 bridgehead atoms. The molecule has 2 saturated carbocycles. The summed E-state index contributed by atoms with van der Waals surface area (Å²) in [6.07, 6.45) is 9.26. The monoisotopic (exact) mass is 860 g/mol. The van der Waals surface area contributed by atoms with Crippen molar-refractivity contribution in [2.24, 2.45) is 11.8 Å². The number of quaternary nitrogens is 1. The van der Waals surface area contributed by atoms with Gasteiger partial charge in [0, 0.05) is 113 Å². The van der Waals surface area contributed by atoms with Crippen LogP contribution in [-0.4, -0.2) is 158 Å². The number of nitrogens with zero attached hydrogens (tertiary/aromatic N) is 9. The van der Waals surface area contributed by atoms with Crippen LogP contribution < -0.4 is 0 Å². The van der Waals surface area contributed by atoms with E-state index in [-0.39, 0.29) is 41.1 Å². The summed E-state index contributed by atoms with van der Waals surface area (Å²) < 4.78 is 6.18. The quantitative estimate of drug-likeness (QED) is 0.205. The predicted molar refractivity (Wildman–Crippen MR) is 234 cm³/mol. The van der Waals surface area contributed by atoms with Gasteiger partial charge in [-0.05, 0) is 63.3 Å². The van der Waals surface area contributed by atoms with Crippen LogP contribution in [0.15, 0.2) is 58.4 Å². The van der Waals surface area contributed by atoms with Crippen molar-refractivity contribution in [1.82, 2.24) is 39.6 Å². The molecule has 6 heterocycles. The average molecular weight is 861 g/mol. The molecule has 6 aliphatic rings. The van der Waals surface area contributed by atoms with Crippen LogP contribution in [0.5, 0.6) is 0 Å². The Morgan fingerprint density at radius 2 is 1.27 bits per heavy atom. The fraction of sp³-hybridized carbons (Fsp3) is 0.553. The van der Waals surface area contributed by atoms with Crippen LogP contribution in [0.25, 0.3) is 22.6 Å². The standard InChI is InChI=1S/C47H58N9O5S/c1-32-48-42(50-61-32)35-11-15-37(16-12-35)44(58)53-27-38(28-53)45(59)51-19-5-21-55(23-22-51)47(17-4-18-47)56(40-7-3-8-40)25-6-20-52(24-26-56)46(60)39-29-54(30-39)43(57)36-13-9-34(10-14-36)41-31-62-33(2)49-41/h9-16,31,38-40H,3-8,17-30H2,1-2H3/q+1. The highest BCUT2D eigenvalue weighted by Gasteiger charge is 2.62. The normalized spacial score (nSPS) is 23.7. The van der Waals surface area contributed by atoms with Gasteiger partial charge in [0.2, 0.25) is 23.5 Å². The molecular weight excluding hydrogens is 803 g/mol. The molecule has 1 atom stereocenters. The summed E-state index contributed by atoms with van der Waals surface area (Å²) in [5.41, 5.74) is 4.00. The zero-order valence-corrected chi connectivity index (χ0v) is 36.9. The van der Waals surface area contributed by atoms with Crippen molar-refractivity contribution in [2.75, 3.05) is 78.5 Å². The lowest BCUT2D eigenvalue weighted by Crippen LogP contribution is -2.79. The molecule has 10 rings (SSSR count). The molecule has 4 aliphatic heterocycles. The van der Waals surface area contributed by atoms with Gasteiger partial charge in [0.05, 0.1) is 48.2 Å². The van der Waals surface area contributed by atoms with E-state index < -0.39 is 0 Å². The van der Waals surface area contributed by atoms with Crippen molar-refractivity contribution in [3.8, 4) is 22.6 Å². The summed E-state index contributed by atoms with van der Waals surface area (Å²) in [5, 5.41) is 7.01. The van der Waals surface area contributed by atoms with Crippen LogP contribution in [0.1, 0.15) is 83.0 Å². The van der Waals surface area contributed by atoms with E-state index in [0.717, 1.165) is 85.0 Å². The molecule has 326 valence electrons. The van der Waals surface area contributed by atoms with Crippen LogP contribution in [0, 0.1) is 25.7 Å². The van der Waals surface area contributed by atoms with Crippen LogP contribution in [0.3, 0.4) is 0 Å². The topological polar surface area (TPSA) is 136 Å². The van der Waals surface area contributed by atoms with Gasteiger partial charge in [0.15, 0.2) is 5.66 Å². The Bertz CT molecular complexity index is 2310. The van der Waals surface area contributed by atoms with Gasteiger partial charge in [-0.3, -0.25) is 19.2 Å². The van der Waals surface area contributed by atoms with Crippen LogP contribution in [-0.2, 0) is 9.59 Å². The van der Waals surface area contributed by atoms with E-state index in [4.69, 9.17) is 4.52 Å². The van der Waals surface area contributed by atoms with Gasteiger partial charge in [-0.1, -0.05) is 29.4 Å².